The van der Waals surface area contributed by atoms with Crippen LogP contribution in [0.2, 0.25) is 0 Å². The second kappa shape index (κ2) is 24.2. The van der Waals surface area contributed by atoms with Crippen molar-refractivity contribution in [2.24, 2.45) is 0 Å². The molecule has 0 amide bonds. The first-order chi connectivity index (χ1) is 13.5. The molecule has 29 heavy (non-hydrogen) atoms. The predicted molar refractivity (Wildman–Crippen MR) is 119 cm³/mol. The summed E-state index contributed by atoms with van der Waals surface area (Å²) in [6.45, 7) is 2.44. The molecule has 1 unspecified atom stereocenters. The number of rotatable bonds is 22. The van der Waals surface area contributed by atoms with Crippen LogP contribution in [0.3, 0.4) is 0 Å². The van der Waals surface area contributed by atoms with E-state index in [4.69, 9.17) is 5.11 Å². The summed E-state index contributed by atoms with van der Waals surface area (Å²) in [5.74, 6) is 0. The SMILES string of the molecule is CCCCCCCCCCCCCCCCC(CCCCCCO)S(=O)(=O)[O-].[K+]. The molecule has 0 spiro atoms. The van der Waals surface area contributed by atoms with Gasteiger partial charge in [0.25, 0.3) is 0 Å². The fraction of sp³-hybridized carbons (Fsp3) is 1.00. The Hall–Kier alpha value is 1.51. The van der Waals surface area contributed by atoms with E-state index in [0.29, 0.717) is 12.8 Å². The monoisotopic (exact) mass is 458 g/mol. The molecule has 1 atom stereocenters. The van der Waals surface area contributed by atoms with Crippen LogP contribution in [0, 0.1) is 0 Å². The number of aliphatic hydroxyl groups excluding tert-OH is 1. The van der Waals surface area contributed by atoms with Gasteiger partial charge in [-0.1, -0.05) is 116 Å². The minimum Gasteiger partial charge on any atom is -0.748 e. The molecule has 0 saturated heterocycles. The minimum atomic E-state index is -4.17. The zero-order valence-corrected chi connectivity index (χ0v) is 23.4. The topological polar surface area (TPSA) is 77.4 Å². The van der Waals surface area contributed by atoms with Crippen molar-refractivity contribution in [2.45, 2.75) is 141 Å². The molecule has 1 N–H and O–H groups in total. The van der Waals surface area contributed by atoms with E-state index in [9.17, 15) is 13.0 Å². The van der Waals surface area contributed by atoms with E-state index in [2.05, 4.69) is 6.92 Å². The third kappa shape index (κ3) is 24.0. The summed E-state index contributed by atoms with van der Waals surface area (Å²) in [6.07, 6.45) is 22.2. The van der Waals surface area contributed by atoms with Crippen molar-refractivity contribution in [3.8, 4) is 0 Å². The third-order valence-corrected chi connectivity index (χ3v) is 7.01. The van der Waals surface area contributed by atoms with Crippen molar-refractivity contribution in [1.29, 1.82) is 0 Å². The second-order valence-corrected chi connectivity index (χ2v) is 10.1. The zero-order chi connectivity index (χ0) is 20.9. The molecule has 0 aliphatic carbocycles. The molecule has 0 radical (unpaired) electrons. The summed E-state index contributed by atoms with van der Waals surface area (Å²) >= 11 is 0. The Labute approximate surface area is 224 Å². The van der Waals surface area contributed by atoms with Gasteiger partial charge in [-0.25, -0.2) is 8.42 Å². The molecule has 0 fully saturated rings. The largest absolute Gasteiger partial charge is 1.00 e. The third-order valence-electron chi connectivity index (χ3n) is 5.72. The van der Waals surface area contributed by atoms with Crippen LogP contribution in [0.25, 0.3) is 0 Å². The molecule has 0 aromatic rings. The van der Waals surface area contributed by atoms with Crippen molar-refractivity contribution in [3.05, 3.63) is 0 Å². The Kier molecular flexibility index (Phi) is 27.2. The van der Waals surface area contributed by atoms with Gasteiger partial charge in [-0.3, -0.25) is 0 Å². The first-order valence-corrected chi connectivity index (χ1v) is 13.5. The van der Waals surface area contributed by atoms with Crippen LogP contribution < -0.4 is 51.4 Å². The number of hydrogen-bond acceptors (Lipinski definition) is 4. The maximum Gasteiger partial charge on any atom is 1.00 e. The van der Waals surface area contributed by atoms with Gasteiger partial charge in [-0.2, -0.15) is 0 Å². The quantitative estimate of drug-likeness (QED) is 0.152. The van der Waals surface area contributed by atoms with Gasteiger partial charge in [0.05, 0.1) is 10.1 Å². The van der Waals surface area contributed by atoms with Crippen LogP contribution in [-0.4, -0.2) is 29.9 Å². The van der Waals surface area contributed by atoms with Crippen LogP contribution in [0.1, 0.15) is 135 Å². The van der Waals surface area contributed by atoms with E-state index in [1.54, 1.807) is 0 Å². The van der Waals surface area contributed by atoms with E-state index < -0.39 is 15.4 Å². The summed E-state index contributed by atoms with van der Waals surface area (Å²) in [5.41, 5.74) is 0. The summed E-state index contributed by atoms with van der Waals surface area (Å²) in [4.78, 5) is 0. The standard InChI is InChI=1S/C23H48O4S.K/c1-2-3-4-5-6-7-8-9-10-11-12-13-14-17-20-23(28(25,26)27)21-18-15-16-19-22-24;/h23-24H,2-22H2,1H3,(H,25,26,27);/q;+1/p-1. The first kappa shape index (κ1) is 32.7. The molecule has 0 bridgehead atoms. The molecule has 0 aliphatic heterocycles. The van der Waals surface area contributed by atoms with Gasteiger partial charge < -0.3 is 9.66 Å². The fourth-order valence-corrected chi connectivity index (χ4v) is 4.75. The molecule has 0 saturated carbocycles. The molecular formula is C23H47KO4S. The molecular weight excluding hydrogens is 411 g/mol. The summed E-state index contributed by atoms with van der Waals surface area (Å²) in [5, 5.41) is 8.04. The van der Waals surface area contributed by atoms with E-state index in [1.807, 2.05) is 0 Å². The molecule has 0 aliphatic rings. The maximum atomic E-state index is 11.4. The van der Waals surface area contributed by atoms with Crippen LogP contribution in [-0.2, 0) is 10.1 Å². The van der Waals surface area contributed by atoms with Gasteiger partial charge in [0.2, 0.25) is 0 Å². The molecule has 0 heterocycles. The molecule has 0 rings (SSSR count). The minimum absolute atomic E-state index is 0. The van der Waals surface area contributed by atoms with Crippen molar-refractivity contribution < 1.29 is 69.5 Å². The normalized spacial score (nSPS) is 12.7. The predicted octanol–water partition coefficient (Wildman–Crippen LogP) is 3.72. The fourth-order valence-electron chi connectivity index (χ4n) is 3.84. The Morgan fingerprint density at radius 2 is 0.931 bits per heavy atom. The summed E-state index contributed by atoms with van der Waals surface area (Å²) in [7, 11) is -4.17. The number of aliphatic hydroxyl groups is 1. The van der Waals surface area contributed by atoms with Crippen LogP contribution in [0.5, 0.6) is 0 Å². The zero-order valence-electron chi connectivity index (χ0n) is 19.5. The van der Waals surface area contributed by atoms with Crippen molar-refractivity contribution in [1.82, 2.24) is 0 Å². The average Bonchev–Trinajstić information content (AvgIpc) is 2.65. The number of hydrogen-bond donors (Lipinski definition) is 1. The summed E-state index contributed by atoms with van der Waals surface area (Å²) < 4.78 is 34.3. The van der Waals surface area contributed by atoms with Crippen LogP contribution in [0.15, 0.2) is 0 Å². The first-order valence-electron chi connectivity index (χ1n) is 12.1. The Balaban J connectivity index is 0. The molecule has 0 aromatic heterocycles. The van der Waals surface area contributed by atoms with Crippen molar-refractivity contribution in [3.63, 3.8) is 0 Å². The van der Waals surface area contributed by atoms with Gasteiger partial charge in [0, 0.05) is 11.9 Å². The Morgan fingerprint density at radius 3 is 1.24 bits per heavy atom. The van der Waals surface area contributed by atoms with Gasteiger partial charge in [-0.05, 0) is 19.3 Å². The van der Waals surface area contributed by atoms with Crippen LogP contribution >= 0.6 is 0 Å². The van der Waals surface area contributed by atoms with Gasteiger partial charge in [0.15, 0.2) is 0 Å². The van der Waals surface area contributed by atoms with E-state index >= 15 is 0 Å². The molecule has 6 heteroatoms. The van der Waals surface area contributed by atoms with Crippen molar-refractivity contribution in [2.75, 3.05) is 6.61 Å². The second-order valence-electron chi connectivity index (χ2n) is 8.43. The maximum absolute atomic E-state index is 11.4. The molecule has 170 valence electrons. The molecule has 4 nitrogen and oxygen atoms in total. The van der Waals surface area contributed by atoms with E-state index in [1.165, 1.54) is 70.6 Å². The van der Waals surface area contributed by atoms with Crippen LogP contribution in [0.4, 0.5) is 0 Å². The average molecular weight is 459 g/mol. The van der Waals surface area contributed by atoms with Gasteiger partial charge >= 0.3 is 51.4 Å². The smallest absolute Gasteiger partial charge is 0.748 e. The number of unbranched alkanes of at least 4 members (excludes halogenated alkanes) is 16. The van der Waals surface area contributed by atoms with Gasteiger partial charge in [0.1, 0.15) is 0 Å². The Bertz CT molecular complexity index is 415. The molecule has 0 aromatic carbocycles. The van der Waals surface area contributed by atoms with E-state index in [-0.39, 0.29) is 58.0 Å². The van der Waals surface area contributed by atoms with E-state index in [0.717, 1.165) is 44.9 Å². The Morgan fingerprint density at radius 1 is 0.621 bits per heavy atom. The van der Waals surface area contributed by atoms with Crippen molar-refractivity contribution >= 4 is 10.1 Å². The summed E-state index contributed by atoms with van der Waals surface area (Å²) in [6, 6.07) is 0. The van der Waals surface area contributed by atoms with Gasteiger partial charge in [-0.15, -0.1) is 0 Å².